The first-order chi connectivity index (χ1) is 18.1. The summed E-state index contributed by atoms with van der Waals surface area (Å²) in [5.41, 5.74) is -0.0442. The normalized spacial score (nSPS) is 17.2. The number of hydrogen-bond donors (Lipinski definition) is 1. The highest BCUT2D eigenvalue weighted by Gasteiger charge is 2.48. The fourth-order valence-electron chi connectivity index (χ4n) is 4.21. The molecule has 10 heteroatoms. The Morgan fingerprint density at radius 1 is 1.03 bits per heavy atom. The van der Waals surface area contributed by atoms with Crippen molar-refractivity contribution < 1.29 is 41.8 Å². The number of carbonyl (C=O) groups excluding carboxylic acids is 2. The summed E-state index contributed by atoms with van der Waals surface area (Å²) >= 11 is 0. The number of Topliss-reactive ketones (excluding diaryl/α,β-unsaturated/α-hetero) is 1. The molecule has 4 rings (SSSR count). The van der Waals surface area contributed by atoms with Crippen LogP contribution < -0.4 is 14.4 Å². The molecule has 7 nitrogen and oxygen atoms in total. The van der Waals surface area contributed by atoms with Gasteiger partial charge >= 0.3 is 6.36 Å². The third kappa shape index (κ3) is 5.85. The van der Waals surface area contributed by atoms with E-state index in [2.05, 4.69) is 11.7 Å². The molecule has 0 saturated carbocycles. The number of alkyl halides is 3. The van der Waals surface area contributed by atoms with Crippen LogP contribution in [0.2, 0.25) is 0 Å². The SMILES string of the molecule is CCCCCOc1ccc(/C(O)=C2/C(=O)C(=O)N(c3cccc(OC(F)(F)F)c3)C2c2ccc(C)o2)cc1. The van der Waals surface area contributed by atoms with Crippen LogP contribution in [0.5, 0.6) is 11.5 Å². The first-order valence-electron chi connectivity index (χ1n) is 12.1. The molecule has 1 atom stereocenters. The third-order valence-corrected chi connectivity index (χ3v) is 5.95. The zero-order valence-corrected chi connectivity index (χ0v) is 20.7. The molecule has 1 amide bonds. The lowest BCUT2D eigenvalue weighted by Gasteiger charge is -2.24. The highest BCUT2D eigenvalue weighted by molar-refractivity contribution is 6.51. The van der Waals surface area contributed by atoms with Crippen molar-refractivity contribution in [2.24, 2.45) is 0 Å². The maximum Gasteiger partial charge on any atom is 0.573 e. The van der Waals surface area contributed by atoms with Crippen molar-refractivity contribution in [1.82, 2.24) is 0 Å². The number of aryl methyl sites for hydroxylation is 1. The van der Waals surface area contributed by atoms with Gasteiger partial charge in [-0.1, -0.05) is 25.8 Å². The fraction of sp³-hybridized carbons (Fsp3) is 0.286. The van der Waals surface area contributed by atoms with Gasteiger partial charge in [0.2, 0.25) is 0 Å². The number of aliphatic hydroxyl groups is 1. The second-order valence-corrected chi connectivity index (χ2v) is 8.74. The summed E-state index contributed by atoms with van der Waals surface area (Å²) in [5.74, 6) is -1.86. The maximum atomic E-state index is 13.2. The maximum absolute atomic E-state index is 13.2. The number of furan rings is 1. The van der Waals surface area contributed by atoms with E-state index in [1.807, 2.05) is 0 Å². The van der Waals surface area contributed by atoms with E-state index in [0.717, 1.165) is 36.3 Å². The molecule has 1 aromatic heterocycles. The lowest BCUT2D eigenvalue weighted by Crippen LogP contribution is -2.29. The van der Waals surface area contributed by atoms with E-state index in [9.17, 15) is 27.9 Å². The van der Waals surface area contributed by atoms with Gasteiger partial charge < -0.3 is 19.0 Å². The molecule has 1 aliphatic rings. The smallest absolute Gasteiger partial charge is 0.507 e. The number of carbonyl (C=O) groups is 2. The zero-order valence-electron chi connectivity index (χ0n) is 20.7. The number of amides is 1. The zero-order chi connectivity index (χ0) is 27.4. The van der Waals surface area contributed by atoms with Crippen LogP contribution in [0.15, 0.2) is 70.7 Å². The van der Waals surface area contributed by atoms with Crippen molar-refractivity contribution in [3.05, 3.63) is 83.3 Å². The van der Waals surface area contributed by atoms with Gasteiger partial charge in [0.15, 0.2) is 0 Å². The number of benzene rings is 2. The van der Waals surface area contributed by atoms with E-state index in [1.54, 1.807) is 37.3 Å². The minimum atomic E-state index is -4.95. The quantitative estimate of drug-likeness (QED) is 0.144. The lowest BCUT2D eigenvalue weighted by molar-refractivity contribution is -0.274. The van der Waals surface area contributed by atoms with E-state index in [4.69, 9.17) is 9.15 Å². The Kier molecular flexibility index (Phi) is 7.80. The minimum Gasteiger partial charge on any atom is -0.507 e. The van der Waals surface area contributed by atoms with Crippen LogP contribution in [0.25, 0.3) is 5.76 Å². The molecule has 0 bridgehead atoms. The van der Waals surface area contributed by atoms with E-state index in [0.29, 0.717) is 18.1 Å². The summed E-state index contributed by atoms with van der Waals surface area (Å²) in [6, 6.07) is 13.0. The van der Waals surface area contributed by atoms with Crippen molar-refractivity contribution in [3.63, 3.8) is 0 Å². The van der Waals surface area contributed by atoms with Gasteiger partial charge in [0.1, 0.15) is 34.8 Å². The van der Waals surface area contributed by atoms with Gasteiger partial charge in [-0.3, -0.25) is 14.5 Å². The number of halogens is 3. The van der Waals surface area contributed by atoms with Crippen molar-refractivity contribution in [1.29, 1.82) is 0 Å². The first kappa shape index (κ1) is 26.8. The van der Waals surface area contributed by atoms with Gasteiger partial charge in [-0.05, 0) is 61.9 Å². The molecular formula is C28H26F3NO6. The fourth-order valence-corrected chi connectivity index (χ4v) is 4.21. The summed E-state index contributed by atoms with van der Waals surface area (Å²) < 4.78 is 53.8. The molecule has 1 unspecified atom stereocenters. The molecule has 200 valence electrons. The van der Waals surface area contributed by atoms with Crippen LogP contribution in [0.4, 0.5) is 18.9 Å². The minimum absolute atomic E-state index is 0.0391. The summed E-state index contributed by atoms with van der Waals surface area (Å²) in [5, 5.41) is 11.2. The van der Waals surface area contributed by atoms with Crippen molar-refractivity contribution in [2.45, 2.75) is 45.5 Å². The molecule has 3 aromatic rings. The molecule has 38 heavy (non-hydrogen) atoms. The van der Waals surface area contributed by atoms with E-state index < -0.39 is 35.6 Å². The predicted molar refractivity (Wildman–Crippen MR) is 133 cm³/mol. The highest BCUT2D eigenvalue weighted by atomic mass is 19.4. The summed E-state index contributed by atoms with van der Waals surface area (Å²) in [4.78, 5) is 27.3. The molecule has 1 saturated heterocycles. The van der Waals surface area contributed by atoms with Gasteiger partial charge in [-0.15, -0.1) is 13.2 Å². The van der Waals surface area contributed by atoms with Gasteiger partial charge in [-0.2, -0.15) is 0 Å². The number of anilines is 1. The monoisotopic (exact) mass is 529 g/mol. The Hall–Kier alpha value is -4.21. The standard InChI is InChI=1S/C28H26F3NO6/c1-3-4-5-15-36-20-12-10-18(11-13-20)25(33)23-24(22-14-9-17(2)37-22)32(27(35)26(23)34)19-7-6-8-21(16-19)38-28(29,30)31/h6-14,16,24,33H,3-5,15H2,1-2H3/b25-23-. The predicted octanol–water partition coefficient (Wildman–Crippen LogP) is 6.68. The molecule has 1 aliphatic heterocycles. The van der Waals surface area contributed by atoms with E-state index >= 15 is 0 Å². The number of ketones is 1. The Morgan fingerprint density at radius 2 is 1.76 bits per heavy atom. The first-order valence-corrected chi connectivity index (χ1v) is 12.1. The number of nitrogens with zero attached hydrogens (tertiary/aromatic N) is 1. The summed E-state index contributed by atoms with van der Waals surface area (Å²) in [6.45, 7) is 4.29. The summed E-state index contributed by atoms with van der Waals surface area (Å²) in [7, 11) is 0. The Labute approximate surface area is 217 Å². The van der Waals surface area contributed by atoms with Gasteiger partial charge in [0, 0.05) is 17.3 Å². The molecule has 0 aliphatic carbocycles. The van der Waals surface area contributed by atoms with Gasteiger partial charge in [0.05, 0.1) is 12.2 Å². The van der Waals surface area contributed by atoms with Crippen LogP contribution in [0.1, 0.15) is 49.3 Å². The molecule has 1 fully saturated rings. The lowest BCUT2D eigenvalue weighted by atomic mass is 9.99. The topological polar surface area (TPSA) is 89.2 Å². The molecule has 2 aromatic carbocycles. The molecule has 0 radical (unpaired) electrons. The van der Waals surface area contributed by atoms with Crippen molar-refractivity contribution in [3.8, 4) is 11.5 Å². The molecular weight excluding hydrogens is 503 g/mol. The largest absolute Gasteiger partial charge is 0.573 e. The number of rotatable bonds is 9. The second-order valence-electron chi connectivity index (χ2n) is 8.74. The highest BCUT2D eigenvalue weighted by Crippen LogP contribution is 2.43. The number of unbranched alkanes of at least 4 members (excludes halogenated alkanes) is 2. The van der Waals surface area contributed by atoms with Crippen LogP contribution >= 0.6 is 0 Å². The molecule has 0 spiro atoms. The van der Waals surface area contributed by atoms with Crippen molar-refractivity contribution >= 4 is 23.1 Å². The van der Waals surface area contributed by atoms with Gasteiger partial charge in [0.25, 0.3) is 11.7 Å². The van der Waals surface area contributed by atoms with Crippen LogP contribution in [-0.2, 0) is 9.59 Å². The second kappa shape index (κ2) is 11.0. The van der Waals surface area contributed by atoms with E-state index in [1.165, 1.54) is 18.2 Å². The summed E-state index contributed by atoms with van der Waals surface area (Å²) in [6.07, 6.45) is -1.95. The molecule has 1 N–H and O–H groups in total. The molecule has 2 heterocycles. The number of aliphatic hydroxyl groups excluding tert-OH is 1. The Morgan fingerprint density at radius 3 is 2.39 bits per heavy atom. The van der Waals surface area contributed by atoms with Crippen LogP contribution in [-0.4, -0.2) is 29.8 Å². The average molecular weight is 530 g/mol. The third-order valence-electron chi connectivity index (χ3n) is 5.95. The average Bonchev–Trinajstić information content (AvgIpc) is 3.41. The Bertz CT molecular complexity index is 1340. The van der Waals surface area contributed by atoms with Crippen LogP contribution in [0.3, 0.4) is 0 Å². The van der Waals surface area contributed by atoms with E-state index in [-0.39, 0.29) is 22.6 Å². The Balaban J connectivity index is 1.74. The van der Waals surface area contributed by atoms with Crippen LogP contribution in [0, 0.1) is 6.92 Å². The van der Waals surface area contributed by atoms with Gasteiger partial charge in [-0.25, -0.2) is 0 Å². The number of hydrogen-bond acceptors (Lipinski definition) is 6. The number of ether oxygens (including phenoxy) is 2. The van der Waals surface area contributed by atoms with Crippen molar-refractivity contribution in [2.75, 3.05) is 11.5 Å².